The molecule has 24 heavy (non-hydrogen) atoms. The number of benzene rings is 2. The lowest BCUT2D eigenvalue weighted by molar-refractivity contribution is -0.118. The molecule has 1 amide bonds. The van der Waals surface area contributed by atoms with E-state index in [0.29, 0.717) is 21.5 Å². The lowest BCUT2D eigenvalue weighted by atomic mass is 9.87. The van der Waals surface area contributed by atoms with Gasteiger partial charge in [0.25, 0.3) is 5.91 Å². The van der Waals surface area contributed by atoms with Crippen LogP contribution in [0.2, 0.25) is 10.0 Å². The standard InChI is InChI=1S/C18H18BrCl2NO2/c1-18(2,3)11-4-7-16(13(19)8-11)24-10-17(23)22-12-5-6-14(20)15(21)9-12/h4-9H,10H2,1-3H3,(H,22,23). The Morgan fingerprint density at radius 2 is 1.83 bits per heavy atom. The van der Waals surface area contributed by atoms with Crippen LogP contribution in [0.15, 0.2) is 40.9 Å². The van der Waals surface area contributed by atoms with Gasteiger partial charge in [0, 0.05) is 5.69 Å². The largest absolute Gasteiger partial charge is 0.483 e. The summed E-state index contributed by atoms with van der Waals surface area (Å²) in [6, 6.07) is 10.8. The average molecular weight is 431 g/mol. The summed E-state index contributed by atoms with van der Waals surface area (Å²) in [5.41, 5.74) is 1.80. The molecule has 0 saturated heterocycles. The molecule has 2 aromatic rings. The number of ether oxygens (including phenoxy) is 1. The summed E-state index contributed by atoms with van der Waals surface area (Å²) in [6.45, 7) is 6.31. The van der Waals surface area contributed by atoms with Gasteiger partial charge in [0.05, 0.1) is 14.5 Å². The van der Waals surface area contributed by atoms with Crippen LogP contribution in [0.3, 0.4) is 0 Å². The average Bonchev–Trinajstić information content (AvgIpc) is 2.49. The molecule has 0 saturated carbocycles. The Bertz CT molecular complexity index is 757. The number of hydrogen-bond acceptors (Lipinski definition) is 2. The molecule has 2 aromatic carbocycles. The van der Waals surface area contributed by atoms with Gasteiger partial charge in [0.2, 0.25) is 0 Å². The summed E-state index contributed by atoms with van der Waals surface area (Å²) < 4.78 is 6.39. The minimum atomic E-state index is -0.278. The Morgan fingerprint density at radius 1 is 1.12 bits per heavy atom. The summed E-state index contributed by atoms with van der Waals surface area (Å²) in [7, 11) is 0. The Hall–Kier alpha value is -1.23. The van der Waals surface area contributed by atoms with Crippen LogP contribution in [-0.4, -0.2) is 12.5 Å². The summed E-state index contributed by atoms with van der Waals surface area (Å²) in [5, 5.41) is 3.54. The van der Waals surface area contributed by atoms with E-state index in [0.717, 1.165) is 4.47 Å². The minimum Gasteiger partial charge on any atom is -0.483 e. The second kappa shape index (κ2) is 7.77. The van der Waals surface area contributed by atoms with Crippen molar-refractivity contribution in [2.75, 3.05) is 11.9 Å². The predicted octanol–water partition coefficient (Wildman–Crippen LogP) is 6.07. The first-order valence-corrected chi connectivity index (χ1v) is 8.89. The molecule has 2 rings (SSSR count). The molecule has 0 aliphatic heterocycles. The van der Waals surface area contributed by atoms with Crippen molar-refractivity contribution < 1.29 is 9.53 Å². The third-order valence-corrected chi connectivity index (χ3v) is 4.72. The van der Waals surface area contributed by atoms with Gasteiger partial charge >= 0.3 is 0 Å². The zero-order valence-corrected chi connectivity index (χ0v) is 16.7. The van der Waals surface area contributed by atoms with Crippen molar-refractivity contribution in [3.63, 3.8) is 0 Å². The number of nitrogens with one attached hydrogen (secondary N) is 1. The Labute approximate surface area is 160 Å². The fourth-order valence-corrected chi connectivity index (χ4v) is 2.79. The maximum absolute atomic E-state index is 12.0. The molecule has 0 spiro atoms. The monoisotopic (exact) mass is 429 g/mol. The van der Waals surface area contributed by atoms with Gasteiger partial charge in [0.1, 0.15) is 5.75 Å². The molecule has 0 bridgehead atoms. The molecular formula is C18H18BrCl2NO2. The van der Waals surface area contributed by atoms with Gasteiger partial charge < -0.3 is 10.1 Å². The van der Waals surface area contributed by atoms with Crippen molar-refractivity contribution in [1.29, 1.82) is 0 Å². The van der Waals surface area contributed by atoms with E-state index in [9.17, 15) is 4.79 Å². The molecule has 0 aliphatic carbocycles. The van der Waals surface area contributed by atoms with Gasteiger partial charge in [0.15, 0.2) is 6.61 Å². The van der Waals surface area contributed by atoms with Crippen LogP contribution >= 0.6 is 39.1 Å². The van der Waals surface area contributed by atoms with E-state index < -0.39 is 0 Å². The van der Waals surface area contributed by atoms with Crippen LogP contribution in [0.25, 0.3) is 0 Å². The first kappa shape index (κ1) is 19.1. The van der Waals surface area contributed by atoms with Crippen LogP contribution in [-0.2, 0) is 10.2 Å². The van der Waals surface area contributed by atoms with Gasteiger partial charge in [-0.3, -0.25) is 4.79 Å². The first-order valence-electron chi connectivity index (χ1n) is 7.34. The van der Waals surface area contributed by atoms with E-state index in [1.54, 1.807) is 18.2 Å². The Kier molecular flexibility index (Phi) is 6.18. The number of halogens is 3. The maximum Gasteiger partial charge on any atom is 0.262 e. The number of anilines is 1. The van der Waals surface area contributed by atoms with E-state index in [1.165, 1.54) is 5.56 Å². The lowest BCUT2D eigenvalue weighted by Crippen LogP contribution is -2.20. The van der Waals surface area contributed by atoms with Gasteiger partial charge in [-0.05, 0) is 57.2 Å². The highest BCUT2D eigenvalue weighted by molar-refractivity contribution is 9.10. The number of carbonyl (C=O) groups excluding carboxylic acids is 1. The fraction of sp³-hybridized carbons (Fsp3) is 0.278. The van der Waals surface area contributed by atoms with Crippen molar-refractivity contribution in [2.24, 2.45) is 0 Å². The molecule has 0 fully saturated rings. The fourth-order valence-electron chi connectivity index (χ4n) is 2.00. The van der Waals surface area contributed by atoms with Crippen molar-refractivity contribution in [2.45, 2.75) is 26.2 Å². The van der Waals surface area contributed by atoms with Crippen LogP contribution in [0.1, 0.15) is 26.3 Å². The molecule has 3 nitrogen and oxygen atoms in total. The normalized spacial score (nSPS) is 11.2. The SMILES string of the molecule is CC(C)(C)c1ccc(OCC(=O)Nc2ccc(Cl)c(Cl)c2)c(Br)c1. The molecule has 0 aliphatic rings. The molecule has 6 heteroatoms. The van der Waals surface area contributed by atoms with E-state index >= 15 is 0 Å². The predicted molar refractivity (Wildman–Crippen MR) is 103 cm³/mol. The maximum atomic E-state index is 12.0. The molecule has 0 atom stereocenters. The topological polar surface area (TPSA) is 38.3 Å². The van der Waals surface area contributed by atoms with E-state index in [1.807, 2.05) is 18.2 Å². The second-order valence-corrected chi connectivity index (χ2v) is 8.03. The Balaban J connectivity index is 1.97. The van der Waals surface area contributed by atoms with Crippen molar-refractivity contribution in [3.05, 3.63) is 56.5 Å². The molecular weight excluding hydrogens is 413 g/mol. The van der Waals surface area contributed by atoms with Gasteiger partial charge in [-0.2, -0.15) is 0 Å². The third kappa shape index (κ3) is 5.13. The summed E-state index contributed by atoms with van der Waals surface area (Å²) in [4.78, 5) is 12.0. The quantitative estimate of drug-likeness (QED) is 0.638. The zero-order chi connectivity index (χ0) is 17.9. The number of hydrogen-bond donors (Lipinski definition) is 1. The molecule has 128 valence electrons. The van der Waals surface area contributed by atoms with E-state index in [2.05, 4.69) is 42.0 Å². The molecule has 1 N–H and O–H groups in total. The molecule has 0 heterocycles. The number of rotatable bonds is 4. The zero-order valence-electron chi connectivity index (χ0n) is 13.6. The van der Waals surface area contributed by atoms with Gasteiger partial charge in [-0.1, -0.05) is 50.0 Å². The highest BCUT2D eigenvalue weighted by Gasteiger charge is 2.15. The summed E-state index contributed by atoms with van der Waals surface area (Å²) in [5.74, 6) is 0.340. The van der Waals surface area contributed by atoms with Crippen molar-refractivity contribution in [1.82, 2.24) is 0 Å². The van der Waals surface area contributed by atoms with Crippen LogP contribution in [0.5, 0.6) is 5.75 Å². The van der Waals surface area contributed by atoms with Crippen LogP contribution in [0.4, 0.5) is 5.69 Å². The minimum absolute atomic E-state index is 0.0479. The van der Waals surface area contributed by atoms with Crippen LogP contribution < -0.4 is 10.1 Å². The molecule has 0 radical (unpaired) electrons. The smallest absolute Gasteiger partial charge is 0.262 e. The second-order valence-electron chi connectivity index (χ2n) is 6.36. The summed E-state index contributed by atoms with van der Waals surface area (Å²) >= 11 is 15.3. The first-order chi connectivity index (χ1) is 11.2. The highest BCUT2D eigenvalue weighted by Crippen LogP contribution is 2.31. The summed E-state index contributed by atoms with van der Waals surface area (Å²) in [6.07, 6.45) is 0. The van der Waals surface area contributed by atoms with Gasteiger partial charge in [-0.25, -0.2) is 0 Å². The highest BCUT2D eigenvalue weighted by atomic mass is 79.9. The van der Waals surface area contributed by atoms with E-state index in [4.69, 9.17) is 27.9 Å². The Morgan fingerprint density at radius 3 is 2.42 bits per heavy atom. The van der Waals surface area contributed by atoms with Crippen LogP contribution in [0, 0.1) is 0 Å². The third-order valence-electron chi connectivity index (χ3n) is 3.36. The number of amides is 1. The van der Waals surface area contributed by atoms with Gasteiger partial charge in [-0.15, -0.1) is 0 Å². The van der Waals surface area contributed by atoms with E-state index in [-0.39, 0.29) is 17.9 Å². The van der Waals surface area contributed by atoms with Crippen molar-refractivity contribution >= 4 is 50.7 Å². The lowest BCUT2D eigenvalue weighted by Gasteiger charge is -2.20. The molecule has 0 aromatic heterocycles. The number of carbonyl (C=O) groups is 1. The molecule has 0 unspecified atom stereocenters. The van der Waals surface area contributed by atoms with Crippen molar-refractivity contribution in [3.8, 4) is 5.75 Å².